The van der Waals surface area contributed by atoms with Crippen molar-refractivity contribution >= 4 is 17.4 Å². The minimum absolute atomic E-state index is 0.239. The normalized spacial score (nSPS) is 10.3. The van der Waals surface area contributed by atoms with E-state index < -0.39 is 0 Å². The van der Waals surface area contributed by atoms with Crippen LogP contribution in [0.4, 0.5) is 15.9 Å². The molecular weight excluding hydrogens is 319 g/mol. The lowest BCUT2D eigenvalue weighted by atomic mass is 10.2. The Morgan fingerprint density at radius 1 is 1.00 bits per heavy atom. The van der Waals surface area contributed by atoms with E-state index in [1.165, 1.54) is 11.0 Å². The summed E-state index contributed by atoms with van der Waals surface area (Å²) in [5.41, 5.74) is 1.55. The molecule has 1 N–H and O–H groups in total. The molecule has 3 aromatic rings. The Kier molecular flexibility index (Phi) is 4.99. The van der Waals surface area contributed by atoms with E-state index in [9.17, 15) is 9.18 Å². The Morgan fingerprint density at radius 2 is 1.72 bits per heavy atom. The van der Waals surface area contributed by atoms with Crippen molar-refractivity contribution in [1.82, 2.24) is 10.2 Å². The van der Waals surface area contributed by atoms with Gasteiger partial charge in [-0.05, 0) is 30.3 Å². The van der Waals surface area contributed by atoms with Gasteiger partial charge in [0.05, 0.1) is 0 Å². The highest BCUT2D eigenvalue weighted by molar-refractivity contribution is 6.04. The number of amides is 1. The first-order chi connectivity index (χ1) is 12.1. The van der Waals surface area contributed by atoms with E-state index in [0.717, 1.165) is 5.69 Å². The highest BCUT2D eigenvalue weighted by atomic mass is 19.1. The number of hydrogen-bond acceptors (Lipinski definition) is 4. The van der Waals surface area contributed by atoms with Crippen molar-refractivity contribution in [3.63, 3.8) is 0 Å². The molecular formula is C19H17FN4O. The predicted molar refractivity (Wildman–Crippen MR) is 94.9 cm³/mol. The average Bonchev–Trinajstić information content (AvgIpc) is 2.67. The van der Waals surface area contributed by atoms with Crippen molar-refractivity contribution in [2.24, 2.45) is 0 Å². The van der Waals surface area contributed by atoms with Crippen molar-refractivity contribution < 1.29 is 9.18 Å². The van der Waals surface area contributed by atoms with Gasteiger partial charge in [0.25, 0.3) is 5.91 Å². The number of halogens is 1. The standard InChI is InChI=1S/C19H17FN4O/c1-24(15-8-3-2-4-9-15)19(25)17-11-12-18(23-22-17)21-13-14-7-5-6-10-16(14)20/h2-12H,13H2,1H3,(H,21,23). The topological polar surface area (TPSA) is 58.1 Å². The van der Waals surface area contributed by atoms with E-state index in [1.807, 2.05) is 30.3 Å². The number of rotatable bonds is 5. The summed E-state index contributed by atoms with van der Waals surface area (Å²) in [4.78, 5) is 13.9. The fraction of sp³-hybridized carbons (Fsp3) is 0.105. The fourth-order valence-corrected chi connectivity index (χ4v) is 2.31. The summed E-state index contributed by atoms with van der Waals surface area (Å²) in [5, 5.41) is 10.9. The molecule has 0 unspecified atom stereocenters. The molecule has 1 aromatic heterocycles. The quantitative estimate of drug-likeness (QED) is 0.775. The summed E-state index contributed by atoms with van der Waals surface area (Å²) in [6, 6.07) is 19.1. The molecule has 0 saturated heterocycles. The molecule has 5 nitrogen and oxygen atoms in total. The molecule has 1 amide bonds. The van der Waals surface area contributed by atoms with Crippen LogP contribution in [-0.4, -0.2) is 23.2 Å². The summed E-state index contributed by atoms with van der Waals surface area (Å²) in [6.07, 6.45) is 0. The number of nitrogens with one attached hydrogen (secondary N) is 1. The Balaban J connectivity index is 1.66. The molecule has 0 bridgehead atoms. The highest BCUT2D eigenvalue weighted by Crippen LogP contribution is 2.14. The number of nitrogens with zero attached hydrogens (tertiary/aromatic N) is 3. The van der Waals surface area contributed by atoms with Crippen LogP contribution >= 0.6 is 0 Å². The first-order valence-corrected chi connectivity index (χ1v) is 7.79. The molecule has 0 aliphatic carbocycles. The molecule has 0 spiro atoms. The van der Waals surface area contributed by atoms with Crippen molar-refractivity contribution in [2.45, 2.75) is 6.54 Å². The van der Waals surface area contributed by atoms with Gasteiger partial charge in [0.2, 0.25) is 0 Å². The second kappa shape index (κ2) is 7.53. The van der Waals surface area contributed by atoms with Gasteiger partial charge in [0.15, 0.2) is 5.69 Å². The molecule has 0 atom stereocenters. The van der Waals surface area contributed by atoms with Gasteiger partial charge in [0, 0.05) is 24.8 Å². The maximum absolute atomic E-state index is 13.6. The molecule has 0 radical (unpaired) electrons. The Morgan fingerprint density at radius 3 is 2.40 bits per heavy atom. The van der Waals surface area contributed by atoms with Crippen LogP contribution in [0.25, 0.3) is 0 Å². The largest absolute Gasteiger partial charge is 0.364 e. The third kappa shape index (κ3) is 3.98. The lowest BCUT2D eigenvalue weighted by Gasteiger charge is -2.16. The van der Waals surface area contributed by atoms with Crippen LogP contribution in [0.15, 0.2) is 66.7 Å². The second-order valence-corrected chi connectivity index (χ2v) is 5.45. The van der Waals surface area contributed by atoms with Gasteiger partial charge in [-0.1, -0.05) is 36.4 Å². The summed E-state index contributed by atoms with van der Waals surface area (Å²) in [5.74, 6) is -0.0548. The number of aromatic nitrogens is 2. The van der Waals surface area contributed by atoms with Gasteiger partial charge in [-0.2, -0.15) is 0 Å². The van der Waals surface area contributed by atoms with Gasteiger partial charge in [-0.25, -0.2) is 4.39 Å². The Labute approximate surface area is 145 Å². The fourth-order valence-electron chi connectivity index (χ4n) is 2.31. The van der Waals surface area contributed by atoms with E-state index in [4.69, 9.17) is 0 Å². The molecule has 6 heteroatoms. The maximum atomic E-state index is 13.6. The zero-order chi connectivity index (χ0) is 17.6. The lowest BCUT2D eigenvalue weighted by molar-refractivity contribution is 0.0987. The minimum Gasteiger partial charge on any atom is -0.364 e. The molecule has 0 aliphatic rings. The van der Waals surface area contributed by atoms with Crippen LogP contribution in [0.2, 0.25) is 0 Å². The van der Waals surface area contributed by atoms with Crippen molar-refractivity contribution in [3.8, 4) is 0 Å². The summed E-state index contributed by atoms with van der Waals surface area (Å²) < 4.78 is 13.6. The van der Waals surface area contributed by atoms with Crippen LogP contribution in [0, 0.1) is 5.82 Å². The molecule has 126 valence electrons. The number of carbonyl (C=O) groups excluding carboxylic acids is 1. The van der Waals surface area contributed by atoms with Crippen LogP contribution in [0.3, 0.4) is 0 Å². The van der Waals surface area contributed by atoms with Gasteiger partial charge in [-0.3, -0.25) is 4.79 Å². The summed E-state index contributed by atoms with van der Waals surface area (Å²) in [6.45, 7) is 0.290. The first kappa shape index (κ1) is 16.6. The second-order valence-electron chi connectivity index (χ2n) is 5.45. The molecule has 0 aliphatic heterocycles. The third-order valence-corrected chi connectivity index (χ3v) is 3.75. The third-order valence-electron chi connectivity index (χ3n) is 3.75. The van der Waals surface area contributed by atoms with E-state index in [2.05, 4.69) is 15.5 Å². The molecule has 0 fully saturated rings. The molecule has 3 rings (SSSR count). The SMILES string of the molecule is CN(C(=O)c1ccc(NCc2ccccc2F)nn1)c1ccccc1. The van der Waals surface area contributed by atoms with Gasteiger partial charge in [0.1, 0.15) is 11.6 Å². The summed E-state index contributed by atoms with van der Waals surface area (Å²) in [7, 11) is 1.68. The van der Waals surface area contributed by atoms with Crippen molar-refractivity contribution in [3.05, 3.63) is 83.8 Å². The molecule has 2 aromatic carbocycles. The predicted octanol–water partition coefficient (Wildman–Crippen LogP) is 3.50. The van der Waals surface area contributed by atoms with Crippen LogP contribution < -0.4 is 10.2 Å². The molecule has 1 heterocycles. The molecule has 25 heavy (non-hydrogen) atoms. The van der Waals surface area contributed by atoms with E-state index >= 15 is 0 Å². The van der Waals surface area contributed by atoms with E-state index in [0.29, 0.717) is 17.9 Å². The van der Waals surface area contributed by atoms with Crippen LogP contribution in [0.5, 0.6) is 0 Å². The van der Waals surface area contributed by atoms with Crippen LogP contribution in [0.1, 0.15) is 16.1 Å². The van der Waals surface area contributed by atoms with Gasteiger partial charge < -0.3 is 10.2 Å². The number of benzene rings is 2. The van der Waals surface area contributed by atoms with Gasteiger partial charge in [-0.15, -0.1) is 10.2 Å². The monoisotopic (exact) mass is 336 g/mol. The van der Waals surface area contributed by atoms with E-state index in [-0.39, 0.29) is 17.4 Å². The maximum Gasteiger partial charge on any atom is 0.278 e. The smallest absolute Gasteiger partial charge is 0.278 e. The highest BCUT2D eigenvalue weighted by Gasteiger charge is 2.15. The minimum atomic E-state index is -0.278. The lowest BCUT2D eigenvalue weighted by Crippen LogP contribution is -2.27. The zero-order valence-electron chi connectivity index (χ0n) is 13.7. The summed E-state index contributed by atoms with van der Waals surface area (Å²) >= 11 is 0. The number of hydrogen-bond donors (Lipinski definition) is 1. The van der Waals surface area contributed by atoms with Gasteiger partial charge >= 0.3 is 0 Å². The Bertz CT molecular complexity index is 853. The Hall–Kier alpha value is -3.28. The zero-order valence-corrected chi connectivity index (χ0v) is 13.7. The van der Waals surface area contributed by atoms with Crippen molar-refractivity contribution in [2.75, 3.05) is 17.3 Å². The number of carbonyl (C=O) groups is 1. The van der Waals surface area contributed by atoms with Crippen molar-refractivity contribution in [1.29, 1.82) is 0 Å². The molecule has 0 saturated carbocycles. The van der Waals surface area contributed by atoms with Crippen LogP contribution in [-0.2, 0) is 6.54 Å². The first-order valence-electron chi connectivity index (χ1n) is 7.79. The number of anilines is 2. The van der Waals surface area contributed by atoms with E-state index in [1.54, 1.807) is 37.4 Å². The number of para-hydroxylation sites is 1. The average molecular weight is 336 g/mol.